The molecular formula is C40H25NO. The first-order chi connectivity index (χ1) is 20.8. The van der Waals surface area contributed by atoms with Gasteiger partial charge in [-0.3, -0.25) is 0 Å². The van der Waals surface area contributed by atoms with E-state index in [9.17, 15) is 0 Å². The van der Waals surface area contributed by atoms with Gasteiger partial charge >= 0.3 is 0 Å². The molecule has 2 heteroatoms. The van der Waals surface area contributed by atoms with E-state index in [0.717, 1.165) is 21.9 Å². The molecule has 2 nitrogen and oxygen atoms in total. The largest absolute Gasteiger partial charge is 0.456 e. The van der Waals surface area contributed by atoms with Gasteiger partial charge in [-0.2, -0.15) is 0 Å². The minimum Gasteiger partial charge on any atom is -0.456 e. The van der Waals surface area contributed by atoms with Crippen LogP contribution in [0, 0.1) is 0 Å². The summed E-state index contributed by atoms with van der Waals surface area (Å²) in [4.78, 5) is 0. The Hall–Kier alpha value is -5.60. The van der Waals surface area contributed by atoms with Crippen molar-refractivity contribution in [2.45, 2.75) is 0 Å². The minimum atomic E-state index is 0.906. The first kappa shape index (κ1) is 23.1. The lowest BCUT2D eigenvalue weighted by Gasteiger charge is -2.12. The molecule has 0 aliphatic heterocycles. The highest BCUT2D eigenvalue weighted by Gasteiger charge is 2.20. The summed E-state index contributed by atoms with van der Waals surface area (Å²) in [5.74, 6) is 0. The number of fused-ring (bicyclic) bond motifs is 8. The molecule has 196 valence electrons. The predicted octanol–water partition coefficient (Wildman–Crippen LogP) is 11.2. The maximum atomic E-state index is 6.37. The van der Waals surface area contributed by atoms with Crippen molar-refractivity contribution in [3.05, 3.63) is 152 Å². The second kappa shape index (κ2) is 8.95. The van der Waals surface area contributed by atoms with Crippen LogP contribution in [0.2, 0.25) is 0 Å². The van der Waals surface area contributed by atoms with Crippen LogP contribution < -0.4 is 0 Å². The van der Waals surface area contributed by atoms with Gasteiger partial charge in [-0.05, 0) is 70.1 Å². The van der Waals surface area contributed by atoms with Gasteiger partial charge in [-0.1, -0.05) is 109 Å². The molecule has 0 fully saturated rings. The van der Waals surface area contributed by atoms with Crippen LogP contribution in [0.25, 0.3) is 82.5 Å². The first-order valence-corrected chi connectivity index (χ1v) is 14.4. The van der Waals surface area contributed by atoms with Crippen molar-refractivity contribution in [1.82, 2.24) is 4.57 Å². The van der Waals surface area contributed by atoms with Crippen LogP contribution in [0.4, 0.5) is 0 Å². The highest BCUT2D eigenvalue weighted by atomic mass is 16.3. The quantitative estimate of drug-likeness (QED) is 0.220. The van der Waals surface area contributed by atoms with Gasteiger partial charge in [0.25, 0.3) is 0 Å². The summed E-state index contributed by atoms with van der Waals surface area (Å²) >= 11 is 0. The maximum Gasteiger partial charge on any atom is 0.137 e. The molecule has 9 aromatic rings. The number of benzene rings is 7. The molecule has 2 heterocycles. The Balaban J connectivity index is 1.39. The zero-order valence-electron chi connectivity index (χ0n) is 22.8. The number of nitrogens with zero attached hydrogens (tertiary/aromatic N) is 1. The normalized spacial score (nSPS) is 11.8. The van der Waals surface area contributed by atoms with Crippen molar-refractivity contribution in [1.29, 1.82) is 0 Å². The molecule has 2 aromatic heterocycles. The minimum absolute atomic E-state index is 0.906. The van der Waals surface area contributed by atoms with Crippen molar-refractivity contribution in [2.24, 2.45) is 0 Å². The zero-order valence-corrected chi connectivity index (χ0v) is 22.8. The monoisotopic (exact) mass is 535 g/mol. The second-order valence-corrected chi connectivity index (χ2v) is 10.9. The molecule has 0 aliphatic carbocycles. The van der Waals surface area contributed by atoms with E-state index in [1.807, 2.05) is 6.07 Å². The fraction of sp³-hybridized carbons (Fsp3) is 0. The molecule has 0 radical (unpaired) electrons. The van der Waals surface area contributed by atoms with E-state index in [1.54, 1.807) is 0 Å². The van der Waals surface area contributed by atoms with Gasteiger partial charge in [0.1, 0.15) is 11.2 Å². The zero-order chi connectivity index (χ0) is 27.6. The highest BCUT2D eigenvalue weighted by molar-refractivity contribution is 6.25. The van der Waals surface area contributed by atoms with Crippen LogP contribution >= 0.6 is 0 Å². The van der Waals surface area contributed by atoms with E-state index in [2.05, 4.69) is 150 Å². The lowest BCUT2D eigenvalue weighted by molar-refractivity contribution is 0.669. The van der Waals surface area contributed by atoms with Crippen molar-refractivity contribution < 1.29 is 4.42 Å². The second-order valence-electron chi connectivity index (χ2n) is 10.9. The molecule has 7 aromatic carbocycles. The van der Waals surface area contributed by atoms with Crippen molar-refractivity contribution >= 4 is 54.5 Å². The Morgan fingerprint density at radius 3 is 2.00 bits per heavy atom. The summed E-state index contributed by atoms with van der Waals surface area (Å²) in [5, 5.41) is 7.19. The molecule has 0 N–H and O–H groups in total. The summed E-state index contributed by atoms with van der Waals surface area (Å²) in [6.45, 7) is 0. The van der Waals surface area contributed by atoms with E-state index in [0.29, 0.717) is 0 Å². The summed E-state index contributed by atoms with van der Waals surface area (Å²) < 4.78 is 8.82. The Morgan fingerprint density at radius 2 is 1.10 bits per heavy atom. The van der Waals surface area contributed by atoms with Crippen LogP contribution in [0.1, 0.15) is 0 Å². The fourth-order valence-electron chi connectivity index (χ4n) is 6.66. The molecule has 0 unspecified atom stereocenters. The summed E-state index contributed by atoms with van der Waals surface area (Å²) in [7, 11) is 0. The first-order valence-electron chi connectivity index (χ1n) is 14.4. The highest BCUT2D eigenvalue weighted by Crippen LogP contribution is 2.43. The van der Waals surface area contributed by atoms with Gasteiger partial charge in [-0.15, -0.1) is 0 Å². The molecular weight excluding hydrogens is 510 g/mol. The molecule has 42 heavy (non-hydrogen) atoms. The number of para-hydroxylation sites is 1. The molecule has 0 saturated heterocycles. The smallest absolute Gasteiger partial charge is 0.137 e. The maximum absolute atomic E-state index is 6.37. The van der Waals surface area contributed by atoms with Crippen molar-refractivity contribution in [2.75, 3.05) is 0 Å². The lowest BCUT2D eigenvalue weighted by atomic mass is 9.98. The van der Waals surface area contributed by atoms with E-state index in [4.69, 9.17) is 4.42 Å². The number of rotatable bonds is 3. The number of furan rings is 1. The molecule has 0 amide bonds. The lowest BCUT2D eigenvalue weighted by Crippen LogP contribution is -1.95. The van der Waals surface area contributed by atoms with Gasteiger partial charge in [0, 0.05) is 21.5 Å². The van der Waals surface area contributed by atoms with Crippen LogP contribution in [0.5, 0.6) is 0 Å². The fourth-order valence-corrected chi connectivity index (χ4v) is 6.66. The van der Waals surface area contributed by atoms with Gasteiger partial charge in [0.2, 0.25) is 0 Å². The van der Waals surface area contributed by atoms with E-state index in [-0.39, 0.29) is 0 Å². The molecule has 0 saturated carbocycles. The van der Waals surface area contributed by atoms with Gasteiger partial charge < -0.3 is 8.98 Å². The summed E-state index contributed by atoms with van der Waals surface area (Å²) in [5.41, 5.74) is 10.2. The van der Waals surface area contributed by atoms with E-state index in [1.165, 1.54) is 60.5 Å². The third-order valence-electron chi connectivity index (χ3n) is 8.58. The van der Waals surface area contributed by atoms with Crippen molar-refractivity contribution in [3.8, 4) is 27.9 Å². The van der Waals surface area contributed by atoms with Crippen LogP contribution in [0.3, 0.4) is 0 Å². The van der Waals surface area contributed by atoms with E-state index >= 15 is 0 Å². The number of hydrogen-bond acceptors (Lipinski definition) is 1. The van der Waals surface area contributed by atoms with Crippen LogP contribution in [-0.4, -0.2) is 4.57 Å². The van der Waals surface area contributed by atoms with Gasteiger partial charge in [0.05, 0.1) is 22.1 Å². The molecule has 0 spiro atoms. The predicted molar refractivity (Wildman–Crippen MR) is 176 cm³/mol. The number of aromatic nitrogens is 1. The van der Waals surface area contributed by atoms with Gasteiger partial charge in [-0.25, -0.2) is 0 Å². The van der Waals surface area contributed by atoms with Crippen LogP contribution in [-0.2, 0) is 0 Å². The molecule has 0 atom stereocenters. The third kappa shape index (κ3) is 3.39. The Labute approximate surface area is 242 Å². The number of hydrogen-bond donors (Lipinski definition) is 0. The Morgan fingerprint density at radius 1 is 0.405 bits per heavy atom. The molecule has 0 bridgehead atoms. The Bertz CT molecular complexity index is 2460. The molecule has 9 rings (SSSR count). The molecule has 0 aliphatic rings. The summed E-state index contributed by atoms with van der Waals surface area (Å²) in [6.07, 6.45) is 0. The van der Waals surface area contributed by atoms with Crippen molar-refractivity contribution in [3.63, 3.8) is 0 Å². The average molecular weight is 536 g/mol. The standard InChI is InChI=1S/C40H25NO/c1-2-10-26(11-3-1)28-14-8-15-29(24-28)30-20-22-36-34(25-30)32-21-23-38-39(33-17-6-7-19-37(33)42-38)40(32)41(36)35-18-9-13-27-12-4-5-16-31(27)35/h1-25H. The van der Waals surface area contributed by atoms with Crippen LogP contribution in [0.15, 0.2) is 156 Å². The van der Waals surface area contributed by atoms with E-state index < -0.39 is 0 Å². The SMILES string of the molecule is c1ccc(-c2cccc(-c3ccc4c(c3)c3ccc5oc6ccccc6c5c3n4-c3cccc4ccccc34)c2)cc1. The third-order valence-corrected chi connectivity index (χ3v) is 8.58. The Kier molecular flexibility index (Phi) is 4.93. The average Bonchev–Trinajstić information content (AvgIpc) is 3.60. The summed E-state index contributed by atoms with van der Waals surface area (Å²) in [6, 6.07) is 54.3. The topological polar surface area (TPSA) is 18.1 Å². The van der Waals surface area contributed by atoms with Gasteiger partial charge in [0.15, 0.2) is 0 Å².